The van der Waals surface area contributed by atoms with E-state index in [1.54, 1.807) is 5.38 Å². The van der Waals surface area contributed by atoms with Crippen molar-refractivity contribution in [3.63, 3.8) is 0 Å². The number of thiophene rings is 1. The van der Waals surface area contributed by atoms with Crippen molar-refractivity contribution in [1.29, 1.82) is 0 Å². The lowest BCUT2D eigenvalue weighted by molar-refractivity contribution is 0.0557. The molecule has 4 nitrogen and oxygen atoms in total. The fraction of sp³-hybridized carbons (Fsp3) is 0.615. The lowest BCUT2D eigenvalue weighted by atomic mass is 9.91. The molecule has 2 atom stereocenters. The molecule has 0 N–H and O–H groups in total. The Bertz CT molecular complexity index is 597. The van der Waals surface area contributed by atoms with Gasteiger partial charge in [0.1, 0.15) is 4.21 Å². The summed E-state index contributed by atoms with van der Waals surface area (Å²) < 4.78 is 22.5. The van der Waals surface area contributed by atoms with Gasteiger partial charge >= 0.3 is 0 Å². The van der Waals surface area contributed by atoms with Gasteiger partial charge in [0.15, 0.2) is 0 Å². The summed E-state index contributed by atoms with van der Waals surface area (Å²) >= 11 is 0.989. The predicted molar refractivity (Wildman–Crippen MR) is 80.9 cm³/mol. The standard InChI is InChI=1S/C13H18ClNO3S2/c1-3-10-5-4-9(2)15(7-10)13(16)11-6-12(19-8-11)20(14,17)18/h6,8-10H,3-5,7H2,1-2H3. The molecular formula is C13H18ClNO3S2. The average Bonchev–Trinajstić information content (AvgIpc) is 2.88. The van der Waals surface area contributed by atoms with E-state index in [1.165, 1.54) is 6.07 Å². The van der Waals surface area contributed by atoms with Crippen molar-refractivity contribution >= 4 is 37.0 Å². The van der Waals surface area contributed by atoms with Crippen molar-refractivity contribution < 1.29 is 13.2 Å². The molecular weight excluding hydrogens is 318 g/mol. The van der Waals surface area contributed by atoms with E-state index < -0.39 is 9.05 Å². The summed E-state index contributed by atoms with van der Waals surface area (Å²) in [7, 11) is 1.54. The van der Waals surface area contributed by atoms with Gasteiger partial charge in [-0.25, -0.2) is 8.42 Å². The highest BCUT2D eigenvalue weighted by atomic mass is 35.7. The average molecular weight is 336 g/mol. The van der Waals surface area contributed by atoms with E-state index in [4.69, 9.17) is 10.7 Å². The van der Waals surface area contributed by atoms with Gasteiger partial charge in [-0.15, -0.1) is 11.3 Å². The van der Waals surface area contributed by atoms with E-state index in [0.717, 1.165) is 37.1 Å². The van der Waals surface area contributed by atoms with Gasteiger partial charge in [-0.05, 0) is 31.7 Å². The Morgan fingerprint density at radius 1 is 1.50 bits per heavy atom. The maximum absolute atomic E-state index is 12.5. The monoisotopic (exact) mass is 335 g/mol. The summed E-state index contributed by atoms with van der Waals surface area (Å²) in [4.78, 5) is 14.4. The molecule has 0 spiro atoms. The Kier molecular flexibility index (Phi) is 4.76. The SMILES string of the molecule is CCC1CCC(C)N(C(=O)c2csc(S(=O)(=O)Cl)c2)C1. The molecule has 2 unspecified atom stereocenters. The van der Waals surface area contributed by atoms with E-state index in [0.29, 0.717) is 11.5 Å². The van der Waals surface area contributed by atoms with Crippen molar-refractivity contribution in [2.45, 2.75) is 43.4 Å². The van der Waals surface area contributed by atoms with Crippen LogP contribution in [0.3, 0.4) is 0 Å². The smallest absolute Gasteiger partial charge is 0.270 e. The molecule has 2 heterocycles. The number of rotatable bonds is 3. The number of piperidine rings is 1. The highest BCUT2D eigenvalue weighted by Gasteiger charge is 2.29. The second-order valence-corrected chi connectivity index (χ2v) is 8.95. The highest BCUT2D eigenvalue weighted by molar-refractivity contribution is 8.15. The predicted octanol–water partition coefficient (Wildman–Crippen LogP) is 3.33. The molecule has 1 saturated heterocycles. The van der Waals surface area contributed by atoms with Gasteiger partial charge in [0.2, 0.25) is 0 Å². The molecule has 7 heteroatoms. The minimum atomic E-state index is -3.76. The van der Waals surface area contributed by atoms with Crippen molar-refractivity contribution in [3.8, 4) is 0 Å². The zero-order valence-corrected chi connectivity index (χ0v) is 13.9. The van der Waals surface area contributed by atoms with Gasteiger partial charge in [-0.2, -0.15) is 0 Å². The van der Waals surface area contributed by atoms with Crippen LogP contribution in [0.4, 0.5) is 0 Å². The third-order valence-electron chi connectivity index (χ3n) is 3.88. The fourth-order valence-electron chi connectivity index (χ4n) is 2.52. The van der Waals surface area contributed by atoms with Gasteiger partial charge < -0.3 is 4.90 Å². The van der Waals surface area contributed by atoms with Gasteiger partial charge in [0.25, 0.3) is 15.0 Å². The summed E-state index contributed by atoms with van der Waals surface area (Å²) in [6.45, 7) is 4.91. The van der Waals surface area contributed by atoms with Gasteiger partial charge in [0.05, 0.1) is 5.56 Å². The first-order valence-corrected chi connectivity index (χ1v) is 9.86. The Morgan fingerprint density at radius 2 is 2.20 bits per heavy atom. The van der Waals surface area contributed by atoms with Crippen molar-refractivity contribution in [1.82, 2.24) is 4.90 Å². The summed E-state index contributed by atoms with van der Waals surface area (Å²) in [6.07, 6.45) is 3.20. The first-order chi connectivity index (χ1) is 9.32. The van der Waals surface area contributed by atoms with Crippen LogP contribution < -0.4 is 0 Å². The molecule has 1 aliphatic rings. The maximum Gasteiger partial charge on any atom is 0.270 e. The molecule has 1 aliphatic heterocycles. The van der Waals surface area contributed by atoms with Gasteiger partial charge in [0, 0.05) is 28.6 Å². The normalized spacial score (nSPS) is 23.9. The molecule has 1 aromatic heterocycles. The van der Waals surface area contributed by atoms with Gasteiger partial charge in [-0.3, -0.25) is 4.79 Å². The lowest BCUT2D eigenvalue weighted by Gasteiger charge is -2.37. The first kappa shape index (κ1) is 15.8. The molecule has 1 amide bonds. The molecule has 0 bridgehead atoms. The van der Waals surface area contributed by atoms with Crippen LogP contribution >= 0.6 is 22.0 Å². The minimum absolute atomic E-state index is 0.0271. The lowest BCUT2D eigenvalue weighted by Crippen LogP contribution is -2.45. The molecule has 0 aromatic carbocycles. The Hall–Kier alpha value is -0.590. The molecule has 112 valence electrons. The number of nitrogens with zero attached hydrogens (tertiary/aromatic N) is 1. The Morgan fingerprint density at radius 3 is 2.75 bits per heavy atom. The number of amides is 1. The molecule has 0 radical (unpaired) electrons. The second kappa shape index (κ2) is 6.03. The molecule has 1 aromatic rings. The molecule has 20 heavy (non-hydrogen) atoms. The number of carbonyl (C=O) groups is 1. The number of hydrogen-bond donors (Lipinski definition) is 0. The van der Waals surface area contributed by atoms with Crippen LogP contribution in [-0.2, 0) is 9.05 Å². The molecule has 0 saturated carbocycles. The van der Waals surface area contributed by atoms with Crippen LogP contribution in [0, 0.1) is 5.92 Å². The number of halogens is 1. The highest BCUT2D eigenvalue weighted by Crippen LogP contribution is 2.28. The number of carbonyl (C=O) groups excluding carboxylic acids is 1. The third-order valence-corrected chi connectivity index (χ3v) is 6.92. The van der Waals surface area contributed by atoms with Crippen LogP contribution in [0.25, 0.3) is 0 Å². The summed E-state index contributed by atoms with van der Waals surface area (Å²) in [5.41, 5.74) is 0.415. The topological polar surface area (TPSA) is 54.5 Å². The summed E-state index contributed by atoms with van der Waals surface area (Å²) in [5, 5.41) is 1.57. The van der Waals surface area contributed by atoms with Crippen LogP contribution in [0.15, 0.2) is 15.7 Å². The quantitative estimate of drug-likeness (QED) is 0.796. The van der Waals surface area contributed by atoms with E-state index in [1.807, 2.05) is 11.8 Å². The molecule has 0 aliphatic carbocycles. The molecule has 2 rings (SSSR count). The zero-order chi connectivity index (χ0) is 14.9. The summed E-state index contributed by atoms with van der Waals surface area (Å²) in [5.74, 6) is 0.434. The van der Waals surface area contributed by atoms with Gasteiger partial charge in [-0.1, -0.05) is 13.3 Å². The zero-order valence-electron chi connectivity index (χ0n) is 11.5. The van der Waals surface area contributed by atoms with Crippen molar-refractivity contribution in [2.75, 3.05) is 6.54 Å². The first-order valence-electron chi connectivity index (χ1n) is 6.67. The van der Waals surface area contributed by atoms with Crippen LogP contribution in [0.1, 0.15) is 43.5 Å². The van der Waals surface area contributed by atoms with E-state index in [9.17, 15) is 13.2 Å². The minimum Gasteiger partial charge on any atom is -0.336 e. The Balaban J connectivity index is 2.20. The van der Waals surface area contributed by atoms with Crippen molar-refractivity contribution in [3.05, 3.63) is 17.0 Å². The fourth-order valence-corrected chi connectivity index (χ4v) is 4.46. The molecule has 1 fully saturated rings. The second-order valence-electron chi connectivity index (χ2n) is 5.25. The van der Waals surface area contributed by atoms with Crippen LogP contribution in [0.2, 0.25) is 0 Å². The Labute approximate surface area is 128 Å². The largest absolute Gasteiger partial charge is 0.336 e. The number of hydrogen-bond acceptors (Lipinski definition) is 4. The number of likely N-dealkylation sites (tertiary alicyclic amines) is 1. The van der Waals surface area contributed by atoms with E-state index in [-0.39, 0.29) is 16.2 Å². The van der Waals surface area contributed by atoms with Crippen LogP contribution in [0.5, 0.6) is 0 Å². The van der Waals surface area contributed by atoms with E-state index >= 15 is 0 Å². The van der Waals surface area contributed by atoms with E-state index in [2.05, 4.69) is 6.92 Å². The van der Waals surface area contributed by atoms with Crippen LogP contribution in [-0.4, -0.2) is 31.8 Å². The third kappa shape index (κ3) is 3.35. The maximum atomic E-state index is 12.5. The summed E-state index contributed by atoms with van der Waals surface area (Å²) in [6, 6.07) is 1.57. The van der Waals surface area contributed by atoms with Crippen molar-refractivity contribution in [2.24, 2.45) is 5.92 Å².